The van der Waals surface area contributed by atoms with Crippen LogP contribution in [0.25, 0.3) is 0 Å². The van der Waals surface area contributed by atoms with Crippen LogP contribution in [0.1, 0.15) is 19.3 Å². The minimum Gasteiger partial charge on any atom is -0.387 e. The Bertz CT molecular complexity index is 659. The van der Waals surface area contributed by atoms with Crippen LogP contribution in [0.4, 0.5) is 15.8 Å². The third-order valence-corrected chi connectivity index (χ3v) is 5.06. The first-order chi connectivity index (χ1) is 9.85. The van der Waals surface area contributed by atoms with Crippen molar-refractivity contribution < 1.29 is 17.7 Å². The summed E-state index contributed by atoms with van der Waals surface area (Å²) in [4.78, 5) is 9.33. The average Bonchev–Trinajstić information content (AvgIpc) is 2.35. The summed E-state index contributed by atoms with van der Waals surface area (Å²) < 4.78 is 40.8. The quantitative estimate of drug-likeness (QED) is 0.616. The van der Waals surface area contributed by atoms with E-state index in [9.17, 15) is 22.9 Å². The SMILES string of the molecule is CNc1cc([N+](=O)[O-])cc(F)c1S(=O)(=O)NCC1CCC1. The van der Waals surface area contributed by atoms with Crippen LogP contribution in [0.15, 0.2) is 17.0 Å². The van der Waals surface area contributed by atoms with Crippen molar-refractivity contribution in [1.82, 2.24) is 4.72 Å². The lowest BCUT2D eigenvalue weighted by molar-refractivity contribution is -0.385. The summed E-state index contributed by atoms with van der Waals surface area (Å²) >= 11 is 0. The van der Waals surface area contributed by atoms with Crippen molar-refractivity contribution in [3.63, 3.8) is 0 Å². The second-order valence-electron chi connectivity index (χ2n) is 4.96. The number of hydrogen-bond acceptors (Lipinski definition) is 5. The Labute approximate surface area is 121 Å². The fourth-order valence-corrected chi connectivity index (χ4v) is 3.51. The van der Waals surface area contributed by atoms with Gasteiger partial charge in [0, 0.05) is 19.7 Å². The molecule has 0 aliphatic heterocycles. The molecule has 0 saturated heterocycles. The number of halogens is 1. The second-order valence-corrected chi connectivity index (χ2v) is 6.66. The van der Waals surface area contributed by atoms with Gasteiger partial charge in [-0.2, -0.15) is 0 Å². The minimum atomic E-state index is -4.06. The third kappa shape index (κ3) is 3.30. The van der Waals surface area contributed by atoms with Crippen LogP contribution in [-0.2, 0) is 10.0 Å². The van der Waals surface area contributed by atoms with Gasteiger partial charge >= 0.3 is 0 Å². The fourth-order valence-electron chi connectivity index (χ4n) is 2.14. The number of rotatable bonds is 6. The van der Waals surface area contributed by atoms with Crippen molar-refractivity contribution in [1.29, 1.82) is 0 Å². The van der Waals surface area contributed by atoms with Crippen molar-refractivity contribution in [2.24, 2.45) is 5.92 Å². The van der Waals surface area contributed by atoms with Gasteiger partial charge in [0.1, 0.15) is 4.90 Å². The van der Waals surface area contributed by atoms with Gasteiger partial charge in [0.2, 0.25) is 10.0 Å². The highest BCUT2D eigenvalue weighted by Gasteiger charge is 2.28. The first kappa shape index (κ1) is 15.6. The number of nitro groups is 1. The minimum absolute atomic E-state index is 0.136. The van der Waals surface area contributed by atoms with Crippen LogP contribution in [0, 0.1) is 21.8 Å². The number of sulfonamides is 1. The molecule has 1 aromatic rings. The van der Waals surface area contributed by atoms with E-state index in [4.69, 9.17) is 0 Å². The zero-order valence-electron chi connectivity index (χ0n) is 11.4. The van der Waals surface area contributed by atoms with E-state index in [1.54, 1.807) is 0 Å². The standard InChI is InChI=1S/C12H16FN3O4S/c1-14-11-6-9(16(17)18)5-10(13)12(11)21(19,20)15-7-8-3-2-4-8/h5-6,8,14-15H,2-4,7H2,1H3. The molecule has 9 heteroatoms. The molecule has 0 radical (unpaired) electrons. The smallest absolute Gasteiger partial charge is 0.274 e. The molecule has 7 nitrogen and oxygen atoms in total. The number of nitro benzene ring substituents is 1. The summed E-state index contributed by atoms with van der Waals surface area (Å²) in [6, 6.07) is 1.61. The van der Waals surface area contributed by atoms with Gasteiger partial charge in [0.05, 0.1) is 16.7 Å². The van der Waals surface area contributed by atoms with Gasteiger partial charge in [0.15, 0.2) is 5.82 Å². The van der Waals surface area contributed by atoms with Gasteiger partial charge in [-0.25, -0.2) is 17.5 Å². The maximum Gasteiger partial charge on any atom is 0.274 e. The predicted molar refractivity (Wildman–Crippen MR) is 75.1 cm³/mol. The molecule has 0 heterocycles. The van der Waals surface area contributed by atoms with E-state index in [0.29, 0.717) is 6.07 Å². The molecule has 0 aromatic heterocycles. The van der Waals surface area contributed by atoms with Gasteiger partial charge in [0.25, 0.3) is 5.69 Å². The zero-order valence-corrected chi connectivity index (χ0v) is 12.2. The molecule has 1 aliphatic rings. The number of nitrogens with one attached hydrogen (secondary N) is 2. The van der Waals surface area contributed by atoms with Crippen LogP contribution in [0.5, 0.6) is 0 Å². The molecule has 0 bridgehead atoms. The molecule has 0 unspecified atom stereocenters. The number of anilines is 1. The molecular weight excluding hydrogens is 301 g/mol. The molecule has 1 saturated carbocycles. The Morgan fingerprint density at radius 1 is 1.43 bits per heavy atom. The summed E-state index contributed by atoms with van der Waals surface area (Å²) in [5.41, 5.74) is -0.641. The van der Waals surface area contributed by atoms with E-state index in [-0.39, 0.29) is 18.2 Å². The van der Waals surface area contributed by atoms with Crippen LogP contribution < -0.4 is 10.0 Å². The lowest BCUT2D eigenvalue weighted by atomic mass is 9.86. The van der Waals surface area contributed by atoms with Crippen molar-refractivity contribution in [2.45, 2.75) is 24.2 Å². The molecule has 0 amide bonds. The highest BCUT2D eigenvalue weighted by Crippen LogP contribution is 2.30. The van der Waals surface area contributed by atoms with E-state index < -0.39 is 31.3 Å². The summed E-state index contributed by atoms with van der Waals surface area (Å²) in [5.74, 6) is -0.867. The number of non-ortho nitro benzene ring substituents is 1. The van der Waals surface area contributed by atoms with E-state index >= 15 is 0 Å². The van der Waals surface area contributed by atoms with Crippen LogP contribution >= 0.6 is 0 Å². The molecular formula is C12H16FN3O4S. The molecule has 0 spiro atoms. The van der Waals surface area contributed by atoms with Crippen molar-refractivity contribution in [2.75, 3.05) is 18.9 Å². The zero-order chi connectivity index (χ0) is 15.6. The lowest BCUT2D eigenvalue weighted by Gasteiger charge is -2.25. The first-order valence-corrected chi connectivity index (χ1v) is 7.99. The largest absolute Gasteiger partial charge is 0.387 e. The molecule has 1 fully saturated rings. The highest BCUT2D eigenvalue weighted by molar-refractivity contribution is 7.89. The number of hydrogen-bond donors (Lipinski definition) is 2. The van der Waals surface area contributed by atoms with Gasteiger partial charge in [-0.1, -0.05) is 6.42 Å². The summed E-state index contributed by atoms with van der Waals surface area (Å²) in [6.07, 6.45) is 2.97. The van der Waals surface area contributed by atoms with E-state index in [2.05, 4.69) is 10.0 Å². The van der Waals surface area contributed by atoms with Crippen molar-refractivity contribution >= 4 is 21.4 Å². The Morgan fingerprint density at radius 3 is 2.57 bits per heavy atom. The van der Waals surface area contributed by atoms with E-state index in [1.165, 1.54) is 7.05 Å². The summed E-state index contributed by atoms with van der Waals surface area (Å²) in [6.45, 7) is 0.252. The molecule has 21 heavy (non-hydrogen) atoms. The molecule has 116 valence electrons. The van der Waals surface area contributed by atoms with Crippen LogP contribution in [0.2, 0.25) is 0 Å². The maximum atomic E-state index is 14.0. The Kier molecular flexibility index (Phi) is 4.43. The predicted octanol–water partition coefficient (Wildman–Crippen LogP) is 1.85. The molecule has 2 rings (SSSR count). The summed E-state index contributed by atoms with van der Waals surface area (Å²) in [7, 11) is -2.68. The monoisotopic (exact) mass is 317 g/mol. The Balaban J connectivity index is 2.34. The van der Waals surface area contributed by atoms with Gasteiger partial charge in [-0.3, -0.25) is 10.1 Å². The fraction of sp³-hybridized carbons (Fsp3) is 0.500. The lowest BCUT2D eigenvalue weighted by Crippen LogP contribution is -2.33. The number of nitrogens with zero attached hydrogens (tertiary/aromatic N) is 1. The van der Waals surface area contributed by atoms with Gasteiger partial charge in [-0.05, 0) is 18.8 Å². The molecule has 1 aliphatic carbocycles. The second kappa shape index (κ2) is 5.94. The van der Waals surface area contributed by atoms with Gasteiger partial charge < -0.3 is 5.32 Å². The van der Waals surface area contributed by atoms with Crippen molar-refractivity contribution in [3.05, 3.63) is 28.1 Å². The maximum absolute atomic E-state index is 14.0. The molecule has 1 aromatic carbocycles. The van der Waals surface area contributed by atoms with Crippen molar-refractivity contribution in [3.8, 4) is 0 Å². The van der Waals surface area contributed by atoms with Crippen LogP contribution in [0.3, 0.4) is 0 Å². The Hall–Kier alpha value is -1.74. The van der Waals surface area contributed by atoms with E-state index in [0.717, 1.165) is 25.3 Å². The highest BCUT2D eigenvalue weighted by atomic mass is 32.2. The van der Waals surface area contributed by atoms with E-state index in [1.807, 2.05) is 0 Å². The normalized spacial score (nSPS) is 15.5. The number of benzene rings is 1. The average molecular weight is 317 g/mol. The molecule has 0 atom stereocenters. The molecule has 2 N–H and O–H groups in total. The topological polar surface area (TPSA) is 101 Å². The van der Waals surface area contributed by atoms with Crippen LogP contribution in [-0.4, -0.2) is 26.9 Å². The summed E-state index contributed by atoms with van der Waals surface area (Å²) in [5, 5.41) is 13.2. The third-order valence-electron chi connectivity index (χ3n) is 3.56. The van der Waals surface area contributed by atoms with Gasteiger partial charge in [-0.15, -0.1) is 0 Å². The Morgan fingerprint density at radius 2 is 2.10 bits per heavy atom. The first-order valence-electron chi connectivity index (χ1n) is 6.50.